The third kappa shape index (κ3) is 4.09. The summed E-state index contributed by atoms with van der Waals surface area (Å²) in [6.45, 7) is 5.33. The summed E-state index contributed by atoms with van der Waals surface area (Å²) in [6.07, 6.45) is 1.50. The van der Waals surface area contributed by atoms with Crippen LogP contribution in [0.25, 0.3) is 5.69 Å². The summed E-state index contributed by atoms with van der Waals surface area (Å²) < 4.78 is 6.66. The van der Waals surface area contributed by atoms with Gasteiger partial charge in [0.25, 0.3) is 0 Å². The lowest BCUT2D eigenvalue weighted by Crippen LogP contribution is -2.27. The zero-order chi connectivity index (χ0) is 23.8. The van der Waals surface area contributed by atoms with E-state index >= 15 is 0 Å². The summed E-state index contributed by atoms with van der Waals surface area (Å²) in [4.78, 5) is 39.6. The predicted molar refractivity (Wildman–Crippen MR) is 126 cm³/mol. The Bertz CT molecular complexity index is 1320. The van der Waals surface area contributed by atoms with Gasteiger partial charge in [0.1, 0.15) is 0 Å². The van der Waals surface area contributed by atoms with E-state index in [0.29, 0.717) is 11.4 Å². The van der Waals surface area contributed by atoms with Crippen molar-refractivity contribution < 1.29 is 14.3 Å². The number of aromatic nitrogens is 2. The molecule has 1 aliphatic rings. The minimum atomic E-state index is -0.932. The smallest absolute Gasteiger partial charge is 0.363 e. The fourth-order valence-corrected chi connectivity index (χ4v) is 4.18. The topological polar surface area (TPSA) is 81.5 Å². The van der Waals surface area contributed by atoms with Crippen molar-refractivity contribution in [2.24, 2.45) is 0 Å². The van der Waals surface area contributed by atoms with Crippen LogP contribution in [0.3, 0.4) is 0 Å². The van der Waals surface area contributed by atoms with Crippen molar-refractivity contribution in [1.29, 1.82) is 0 Å². The average Bonchev–Trinajstić information content (AvgIpc) is 2.99. The fraction of sp³-hybridized carbons (Fsp3) is 0.231. The van der Waals surface area contributed by atoms with E-state index in [2.05, 4.69) is 5.10 Å². The van der Waals surface area contributed by atoms with Crippen molar-refractivity contribution in [1.82, 2.24) is 9.78 Å². The molecule has 1 aliphatic heterocycles. The van der Waals surface area contributed by atoms with Crippen LogP contribution in [-0.2, 0) is 14.9 Å². The number of likely N-dealkylation sites (N-methyl/N-ethyl adjacent to an activating group) is 1. The minimum absolute atomic E-state index is 0.365. The number of para-hydroxylation sites is 2. The van der Waals surface area contributed by atoms with Crippen LogP contribution in [0, 0.1) is 6.92 Å². The highest BCUT2D eigenvalue weighted by atomic mass is 16.5. The zero-order valence-electron chi connectivity index (χ0n) is 19.0. The van der Waals surface area contributed by atoms with Crippen LogP contribution >= 0.6 is 0 Å². The first-order chi connectivity index (χ1) is 15.7. The zero-order valence-corrected chi connectivity index (χ0v) is 19.0. The number of allylic oxidation sites excluding steroid dienone is 1. The van der Waals surface area contributed by atoms with Gasteiger partial charge in [0.2, 0.25) is 11.1 Å². The van der Waals surface area contributed by atoms with Crippen molar-refractivity contribution in [3.8, 4) is 5.69 Å². The molecule has 0 bridgehead atoms. The number of ketones is 1. The molecule has 0 amide bonds. The van der Waals surface area contributed by atoms with Crippen LogP contribution in [-0.4, -0.2) is 35.2 Å². The lowest BCUT2D eigenvalue weighted by Gasteiger charge is -2.23. The van der Waals surface area contributed by atoms with Crippen molar-refractivity contribution in [2.75, 3.05) is 18.6 Å². The second-order valence-corrected chi connectivity index (χ2v) is 8.52. The molecule has 7 nitrogen and oxygen atoms in total. The van der Waals surface area contributed by atoms with Gasteiger partial charge in [0, 0.05) is 41.7 Å². The van der Waals surface area contributed by atoms with Gasteiger partial charge in [0.15, 0.2) is 12.4 Å². The molecule has 4 rings (SSSR count). The number of aryl methyl sites for hydroxylation is 1. The number of benzene rings is 2. The summed E-state index contributed by atoms with van der Waals surface area (Å²) in [5, 5.41) is 4.18. The molecule has 2 heterocycles. The lowest BCUT2D eigenvalue weighted by atomic mass is 9.83. The largest absolute Gasteiger partial charge is 0.452 e. The number of fused-ring (bicyclic) bond motifs is 1. The maximum Gasteiger partial charge on any atom is 0.363 e. The van der Waals surface area contributed by atoms with Crippen molar-refractivity contribution in [3.63, 3.8) is 0 Å². The van der Waals surface area contributed by atoms with E-state index in [-0.39, 0.29) is 16.9 Å². The molecule has 0 aliphatic carbocycles. The van der Waals surface area contributed by atoms with E-state index in [0.717, 1.165) is 16.9 Å². The van der Waals surface area contributed by atoms with E-state index < -0.39 is 18.0 Å². The second kappa shape index (κ2) is 8.50. The number of hydrogen-bond acceptors (Lipinski definition) is 6. The molecule has 0 spiro atoms. The number of anilines is 1. The number of esters is 1. The number of hydrogen-bond donors (Lipinski definition) is 0. The van der Waals surface area contributed by atoms with E-state index in [1.165, 1.54) is 16.8 Å². The quantitative estimate of drug-likeness (QED) is 0.443. The molecule has 0 atom stereocenters. The molecule has 2 aromatic carbocycles. The van der Waals surface area contributed by atoms with Gasteiger partial charge in [0.05, 0.1) is 5.69 Å². The number of rotatable bonds is 5. The first-order valence-corrected chi connectivity index (χ1v) is 10.6. The first-order valence-electron chi connectivity index (χ1n) is 10.6. The highest BCUT2D eigenvalue weighted by Crippen LogP contribution is 2.46. The summed E-state index contributed by atoms with van der Waals surface area (Å²) >= 11 is 0. The molecule has 0 N–H and O–H groups in total. The van der Waals surface area contributed by atoms with Crippen LogP contribution in [0.2, 0.25) is 0 Å². The van der Waals surface area contributed by atoms with Gasteiger partial charge in [-0.2, -0.15) is 5.10 Å². The van der Waals surface area contributed by atoms with Gasteiger partial charge in [-0.3, -0.25) is 9.59 Å². The maximum atomic E-state index is 12.7. The minimum Gasteiger partial charge on any atom is -0.452 e. The highest BCUT2D eigenvalue weighted by molar-refractivity contribution is 5.96. The normalized spacial score (nSPS) is 15.4. The Labute approximate surface area is 191 Å². The molecule has 0 radical (unpaired) electrons. The number of ether oxygens (including phenoxy) is 1. The van der Waals surface area contributed by atoms with Crippen LogP contribution in [0.1, 0.15) is 35.6 Å². The van der Waals surface area contributed by atoms with Crippen LogP contribution < -0.4 is 10.3 Å². The summed E-state index contributed by atoms with van der Waals surface area (Å²) in [5.74, 6) is -1.31. The van der Waals surface area contributed by atoms with Gasteiger partial charge in [-0.25, -0.2) is 9.48 Å². The number of nitrogens with zero attached hydrogens (tertiary/aromatic N) is 3. The fourth-order valence-electron chi connectivity index (χ4n) is 4.18. The van der Waals surface area contributed by atoms with Gasteiger partial charge < -0.3 is 9.64 Å². The molecule has 0 unspecified atom stereocenters. The Balaban J connectivity index is 1.52. The molecule has 7 heteroatoms. The molecule has 33 heavy (non-hydrogen) atoms. The number of carbonyl (C=O) groups is 2. The monoisotopic (exact) mass is 443 g/mol. The van der Waals surface area contributed by atoms with Gasteiger partial charge >= 0.3 is 5.97 Å². The Morgan fingerprint density at radius 2 is 1.73 bits per heavy atom. The Morgan fingerprint density at radius 3 is 2.42 bits per heavy atom. The third-order valence-corrected chi connectivity index (χ3v) is 5.89. The molecule has 168 valence electrons. The summed E-state index contributed by atoms with van der Waals surface area (Å²) in [5.41, 5.74) is 2.96. The first kappa shape index (κ1) is 22.2. The number of carbonyl (C=O) groups excluding carboxylic acids is 2. The van der Waals surface area contributed by atoms with E-state index in [1.807, 2.05) is 80.4 Å². The van der Waals surface area contributed by atoms with Crippen molar-refractivity contribution in [2.45, 2.75) is 26.2 Å². The molecule has 3 aromatic rings. The average molecular weight is 444 g/mol. The highest BCUT2D eigenvalue weighted by Gasteiger charge is 2.38. The Hall–Kier alpha value is -4.00. The molecule has 0 saturated carbocycles. The molecular formula is C26H25N3O4. The molecule has 0 saturated heterocycles. The van der Waals surface area contributed by atoms with E-state index in [4.69, 9.17) is 4.74 Å². The van der Waals surface area contributed by atoms with Gasteiger partial charge in [-0.05, 0) is 30.7 Å². The molecular weight excluding hydrogens is 418 g/mol. The van der Waals surface area contributed by atoms with Crippen LogP contribution in [0.4, 0.5) is 5.69 Å². The predicted octanol–water partition coefficient (Wildman–Crippen LogP) is 3.58. The van der Waals surface area contributed by atoms with Crippen molar-refractivity contribution in [3.05, 3.63) is 99.6 Å². The lowest BCUT2D eigenvalue weighted by molar-refractivity contribution is -0.117. The van der Waals surface area contributed by atoms with Gasteiger partial charge in [-0.1, -0.05) is 50.2 Å². The second-order valence-electron chi connectivity index (χ2n) is 8.52. The standard InChI is InChI=1S/C26H25N3O4/c1-17-14-22(31)24(27-29(17)18-10-6-5-7-11-18)25(32)33-16-19(30)15-23-26(2,3)20-12-8-9-13-21(20)28(23)4/h5-15H,16H2,1-4H3/b23-15-. The SMILES string of the molecule is Cc1cc(=O)c(C(=O)OCC(=O)/C=C2\N(C)c3ccccc3C2(C)C)nn1-c1ccccc1. The van der Waals surface area contributed by atoms with Crippen molar-refractivity contribution >= 4 is 17.4 Å². The Morgan fingerprint density at radius 1 is 1.06 bits per heavy atom. The van der Waals surface area contributed by atoms with Gasteiger partial charge in [-0.15, -0.1) is 0 Å². The van der Waals surface area contributed by atoms with Crippen LogP contribution in [0.5, 0.6) is 0 Å². The summed E-state index contributed by atoms with van der Waals surface area (Å²) in [6, 6.07) is 18.4. The van der Waals surface area contributed by atoms with Crippen LogP contribution in [0.15, 0.2) is 77.2 Å². The van der Waals surface area contributed by atoms with E-state index in [1.54, 1.807) is 6.92 Å². The molecule has 1 aromatic heterocycles. The summed E-state index contributed by atoms with van der Waals surface area (Å²) in [7, 11) is 1.90. The van der Waals surface area contributed by atoms with E-state index in [9.17, 15) is 14.4 Å². The maximum absolute atomic E-state index is 12.7. The molecule has 0 fully saturated rings. The third-order valence-electron chi connectivity index (χ3n) is 5.89. The Kier molecular flexibility index (Phi) is 5.72.